The van der Waals surface area contributed by atoms with Gasteiger partial charge < -0.3 is 22.5 Å². The molecule has 0 saturated carbocycles. The summed E-state index contributed by atoms with van der Waals surface area (Å²) >= 11 is 0. The number of halogens is 1. The Morgan fingerprint density at radius 2 is 2.33 bits per heavy atom. The van der Waals surface area contributed by atoms with Crippen LogP contribution in [-0.2, 0) is 0 Å². The van der Waals surface area contributed by atoms with E-state index in [2.05, 4.69) is 4.98 Å². The molecule has 9 heavy (non-hydrogen) atoms. The second-order valence-corrected chi connectivity index (χ2v) is 1.39. The summed E-state index contributed by atoms with van der Waals surface area (Å²) in [7, 11) is 0. The Morgan fingerprint density at radius 3 is 2.56 bits per heavy atom. The number of H-pyrrole nitrogens is 1. The largest absolute Gasteiger partial charge is 1.00 e. The summed E-state index contributed by atoms with van der Waals surface area (Å²) in [5.41, 5.74) is 0.227. The molecule has 0 saturated heterocycles. The maximum Gasteiger partial charge on any atom is 0.352 e. The van der Waals surface area contributed by atoms with Crippen molar-refractivity contribution in [3.05, 3.63) is 24.0 Å². The Morgan fingerprint density at radius 1 is 1.67 bits per heavy atom. The lowest BCUT2D eigenvalue weighted by Crippen LogP contribution is -3.00. The number of carbonyl (C=O) groups is 1. The number of carboxylic acid groups (broad SMARTS) is 1. The molecule has 1 rings (SSSR count). The topological polar surface area (TPSA) is 53.1 Å². The molecule has 0 bridgehead atoms. The van der Waals surface area contributed by atoms with Crippen LogP contribution in [0, 0.1) is 0 Å². The van der Waals surface area contributed by atoms with Crippen molar-refractivity contribution >= 4 is 5.97 Å². The highest BCUT2D eigenvalue weighted by molar-refractivity contribution is 5.85. The first-order valence-corrected chi connectivity index (χ1v) is 2.17. The van der Waals surface area contributed by atoms with Crippen LogP contribution >= 0.6 is 0 Å². The number of aromatic nitrogens is 1. The average molecular weight is 147 g/mol. The highest BCUT2D eigenvalue weighted by Crippen LogP contribution is 1.91. The third-order valence-corrected chi connectivity index (χ3v) is 0.828. The summed E-state index contributed by atoms with van der Waals surface area (Å²) in [6.07, 6.45) is 1.57. The van der Waals surface area contributed by atoms with E-state index < -0.39 is 5.97 Å². The Kier molecular flexibility index (Phi) is 2.81. The van der Waals surface area contributed by atoms with Crippen LogP contribution in [0.3, 0.4) is 0 Å². The van der Waals surface area contributed by atoms with Crippen LogP contribution in [0.15, 0.2) is 18.3 Å². The molecule has 0 fully saturated rings. The molecule has 0 aliphatic rings. The molecule has 0 aromatic carbocycles. The smallest absolute Gasteiger partial charge is 0.352 e. The van der Waals surface area contributed by atoms with Gasteiger partial charge in [0.25, 0.3) is 0 Å². The van der Waals surface area contributed by atoms with Crippen LogP contribution in [0.2, 0.25) is 0 Å². The van der Waals surface area contributed by atoms with Gasteiger partial charge in [-0.3, -0.25) is 0 Å². The Labute approximate surface area is 58.1 Å². The van der Waals surface area contributed by atoms with Crippen LogP contribution in [0.1, 0.15) is 10.5 Å². The van der Waals surface area contributed by atoms with Crippen LogP contribution in [0.25, 0.3) is 0 Å². The predicted molar refractivity (Wildman–Crippen MR) is 27.8 cm³/mol. The number of rotatable bonds is 1. The molecule has 0 radical (unpaired) electrons. The van der Waals surface area contributed by atoms with Gasteiger partial charge in [0.2, 0.25) is 0 Å². The molecular formula is C5H5ClNO2-. The van der Waals surface area contributed by atoms with E-state index in [0.29, 0.717) is 0 Å². The summed E-state index contributed by atoms with van der Waals surface area (Å²) in [5.74, 6) is -0.921. The first-order valence-electron chi connectivity index (χ1n) is 2.17. The molecular weight excluding hydrogens is 142 g/mol. The first kappa shape index (κ1) is 8.04. The number of hydrogen-bond donors (Lipinski definition) is 2. The van der Waals surface area contributed by atoms with Gasteiger partial charge in [-0.05, 0) is 12.1 Å². The van der Waals surface area contributed by atoms with Crippen LogP contribution in [0.5, 0.6) is 0 Å². The molecule has 1 aromatic heterocycles. The molecule has 50 valence electrons. The highest BCUT2D eigenvalue weighted by atomic mass is 35.5. The zero-order chi connectivity index (χ0) is 5.98. The molecule has 0 unspecified atom stereocenters. The quantitative estimate of drug-likeness (QED) is 0.469. The van der Waals surface area contributed by atoms with Gasteiger partial charge in [-0.1, -0.05) is 0 Å². The van der Waals surface area contributed by atoms with Gasteiger partial charge in [-0.25, -0.2) is 4.79 Å². The lowest BCUT2D eigenvalue weighted by atomic mass is 10.4. The van der Waals surface area contributed by atoms with Crippen LogP contribution in [-0.4, -0.2) is 16.1 Å². The van der Waals surface area contributed by atoms with Crippen molar-refractivity contribution in [2.45, 2.75) is 0 Å². The van der Waals surface area contributed by atoms with Gasteiger partial charge in [0, 0.05) is 6.20 Å². The first-order chi connectivity index (χ1) is 3.80. The fourth-order valence-electron chi connectivity index (χ4n) is 0.463. The number of hydrogen-bond acceptors (Lipinski definition) is 1. The van der Waals surface area contributed by atoms with E-state index in [-0.39, 0.29) is 18.1 Å². The molecule has 0 aliphatic carbocycles. The van der Waals surface area contributed by atoms with Gasteiger partial charge in [-0.15, -0.1) is 0 Å². The van der Waals surface area contributed by atoms with Gasteiger partial charge in [0.05, 0.1) is 0 Å². The van der Waals surface area contributed by atoms with E-state index in [4.69, 9.17) is 5.11 Å². The minimum absolute atomic E-state index is 0. The minimum atomic E-state index is -0.921. The third kappa shape index (κ3) is 1.77. The van der Waals surface area contributed by atoms with Crippen molar-refractivity contribution in [3.63, 3.8) is 0 Å². The summed E-state index contributed by atoms with van der Waals surface area (Å²) in [6.45, 7) is 0. The number of aromatic carboxylic acids is 1. The highest BCUT2D eigenvalue weighted by Gasteiger charge is 1.98. The molecule has 4 heteroatoms. The zero-order valence-electron chi connectivity index (χ0n) is 4.47. The van der Waals surface area contributed by atoms with Gasteiger partial charge >= 0.3 is 5.97 Å². The second-order valence-electron chi connectivity index (χ2n) is 1.39. The second kappa shape index (κ2) is 3.14. The van der Waals surface area contributed by atoms with Crippen molar-refractivity contribution in [3.8, 4) is 0 Å². The van der Waals surface area contributed by atoms with E-state index in [1.54, 1.807) is 12.3 Å². The van der Waals surface area contributed by atoms with Crippen molar-refractivity contribution in [1.82, 2.24) is 4.98 Å². The molecule has 0 spiro atoms. The van der Waals surface area contributed by atoms with Crippen LogP contribution < -0.4 is 12.4 Å². The fraction of sp³-hybridized carbons (Fsp3) is 0. The third-order valence-electron chi connectivity index (χ3n) is 0.828. The van der Waals surface area contributed by atoms with E-state index in [9.17, 15) is 4.79 Å². The average Bonchev–Trinajstić information content (AvgIpc) is 2.12. The van der Waals surface area contributed by atoms with Gasteiger partial charge in [0.15, 0.2) is 0 Å². The molecule has 0 atom stereocenters. The predicted octanol–water partition coefficient (Wildman–Crippen LogP) is -2.28. The monoisotopic (exact) mass is 146 g/mol. The molecule has 0 aliphatic heterocycles. The minimum Gasteiger partial charge on any atom is -1.00 e. The lowest BCUT2D eigenvalue weighted by molar-refractivity contribution is -0.0000172. The fourth-order valence-corrected chi connectivity index (χ4v) is 0.463. The van der Waals surface area contributed by atoms with E-state index in [1.165, 1.54) is 6.07 Å². The standard InChI is InChI=1S/C5H5NO2.ClH/c7-5(8)4-2-1-3-6-4;/h1-3,6H,(H,7,8);1H/p-1. The SMILES string of the molecule is O=C(O)c1ccc[nH]1.[Cl-]. The summed E-state index contributed by atoms with van der Waals surface area (Å²) < 4.78 is 0. The summed E-state index contributed by atoms with van der Waals surface area (Å²) in [6, 6.07) is 3.14. The lowest BCUT2D eigenvalue weighted by Gasteiger charge is -1.80. The summed E-state index contributed by atoms with van der Waals surface area (Å²) in [5, 5.41) is 8.24. The normalized spacial score (nSPS) is 8.00. The number of aromatic amines is 1. The molecule has 1 aromatic rings. The Bertz CT molecular complexity index is 183. The van der Waals surface area contributed by atoms with Crippen molar-refractivity contribution < 1.29 is 22.3 Å². The van der Waals surface area contributed by atoms with Crippen molar-refractivity contribution in [1.29, 1.82) is 0 Å². The van der Waals surface area contributed by atoms with Crippen LogP contribution in [0.4, 0.5) is 0 Å². The maximum atomic E-state index is 10.0. The van der Waals surface area contributed by atoms with E-state index >= 15 is 0 Å². The molecule has 3 nitrogen and oxygen atoms in total. The maximum absolute atomic E-state index is 10.0. The van der Waals surface area contributed by atoms with E-state index in [1.807, 2.05) is 0 Å². The number of carboxylic acids is 1. The Hall–Kier alpha value is -0.960. The molecule has 2 N–H and O–H groups in total. The number of nitrogens with one attached hydrogen (secondary N) is 1. The molecule has 1 heterocycles. The zero-order valence-corrected chi connectivity index (χ0v) is 5.22. The van der Waals surface area contributed by atoms with E-state index in [0.717, 1.165) is 0 Å². The van der Waals surface area contributed by atoms with Crippen molar-refractivity contribution in [2.24, 2.45) is 0 Å². The van der Waals surface area contributed by atoms with Crippen molar-refractivity contribution in [2.75, 3.05) is 0 Å². The van der Waals surface area contributed by atoms with Gasteiger partial charge in [0.1, 0.15) is 5.69 Å². The Balaban J connectivity index is 0.000000640. The molecule has 0 amide bonds. The van der Waals surface area contributed by atoms with Gasteiger partial charge in [-0.2, -0.15) is 0 Å². The summed E-state index contributed by atoms with van der Waals surface area (Å²) in [4.78, 5) is 12.6.